The van der Waals surface area contributed by atoms with Crippen LogP contribution < -0.4 is 20.5 Å². The van der Waals surface area contributed by atoms with E-state index >= 15 is 0 Å². The van der Waals surface area contributed by atoms with Gasteiger partial charge >= 0.3 is 5.97 Å². The van der Waals surface area contributed by atoms with Crippen LogP contribution in [0.5, 0.6) is 11.5 Å². The number of ether oxygens (including phenoxy) is 3. The fourth-order valence-corrected chi connectivity index (χ4v) is 7.62. The molecule has 0 amide bonds. The molecule has 0 saturated carbocycles. The standard InChI is InChI=1S/C43H49N5O4/c1-3-50-43(49)42-35(18-12-28-51-39-20-10-14-30-13-7-8-15-33(30)39)34-16-11-17-36-40-37(29-52-32-23-21-31(22-24-32)45-26-25-44)46-47(2)38(40)19-6-4-5-9-27-48(42)41(34)36/h7-8,10-11,13-17,20-24,45H,3-6,9,12,18-19,25-29,44H2,1-2H3. The van der Waals surface area contributed by atoms with Gasteiger partial charge in [0, 0.05) is 60.0 Å². The SMILES string of the molecule is CCOC(=O)c1c(CCCOc2cccc3ccccc23)c2cccc3c2n1CCCCCCc1c-3c(COc2ccc(NCCN)cc2)nn1C. The summed E-state index contributed by atoms with van der Waals surface area (Å²) in [6.07, 6.45) is 6.58. The summed E-state index contributed by atoms with van der Waals surface area (Å²) in [7, 11) is 2.03. The summed E-state index contributed by atoms with van der Waals surface area (Å²) in [6, 6.07) is 28.8. The van der Waals surface area contributed by atoms with Gasteiger partial charge in [0.05, 0.1) is 18.7 Å². The smallest absolute Gasteiger partial charge is 0.355 e. The first-order valence-corrected chi connectivity index (χ1v) is 18.7. The molecular formula is C43H49N5O4. The lowest BCUT2D eigenvalue weighted by Crippen LogP contribution is -2.15. The van der Waals surface area contributed by atoms with Crippen molar-refractivity contribution in [1.29, 1.82) is 0 Å². The number of anilines is 1. The van der Waals surface area contributed by atoms with E-state index < -0.39 is 0 Å². The number of carbonyl (C=O) groups is 1. The summed E-state index contributed by atoms with van der Waals surface area (Å²) in [5.41, 5.74) is 13.6. The third-order valence-electron chi connectivity index (χ3n) is 9.99. The molecule has 9 nitrogen and oxygen atoms in total. The molecule has 0 fully saturated rings. The first-order chi connectivity index (χ1) is 25.6. The third-order valence-corrected chi connectivity index (χ3v) is 9.99. The molecule has 52 heavy (non-hydrogen) atoms. The van der Waals surface area contributed by atoms with Gasteiger partial charge in [-0.1, -0.05) is 67.4 Å². The molecule has 1 aliphatic rings. The molecule has 2 aromatic heterocycles. The van der Waals surface area contributed by atoms with E-state index in [0.717, 1.165) is 106 Å². The molecule has 4 aromatic carbocycles. The Morgan fingerprint density at radius 2 is 1.69 bits per heavy atom. The third kappa shape index (κ3) is 7.37. The quantitative estimate of drug-likeness (QED) is 0.0921. The highest BCUT2D eigenvalue weighted by Crippen LogP contribution is 2.40. The molecule has 6 aromatic rings. The van der Waals surface area contributed by atoms with Crippen LogP contribution in [0.15, 0.2) is 84.9 Å². The van der Waals surface area contributed by atoms with Crippen LogP contribution in [0.3, 0.4) is 0 Å². The number of fused-ring (bicyclic) bond motifs is 3. The molecule has 0 radical (unpaired) electrons. The molecule has 0 atom stereocenters. The van der Waals surface area contributed by atoms with Gasteiger partial charge in [-0.15, -0.1) is 0 Å². The van der Waals surface area contributed by atoms with Gasteiger partial charge in [0.2, 0.25) is 0 Å². The van der Waals surface area contributed by atoms with E-state index in [-0.39, 0.29) is 5.97 Å². The normalized spacial score (nSPS) is 13.1. The van der Waals surface area contributed by atoms with Gasteiger partial charge in [-0.25, -0.2) is 4.79 Å². The van der Waals surface area contributed by atoms with Crippen molar-refractivity contribution in [2.45, 2.75) is 65.0 Å². The number of aromatic nitrogens is 3. The van der Waals surface area contributed by atoms with Crippen LogP contribution in [-0.2, 0) is 37.8 Å². The van der Waals surface area contributed by atoms with Crippen molar-refractivity contribution in [3.8, 4) is 22.6 Å². The Kier molecular flexibility index (Phi) is 11.1. The Bertz CT molecular complexity index is 2140. The number of para-hydroxylation sites is 1. The molecule has 3 N–H and O–H groups in total. The minimum Gasteiger partial charge on any atom is -0.493 e. The van der Waals surface area contributed by atoms with E-state index in [4.69, 9.17) is 25.0 Å². The number of hydrogen-bond donors (Lipinski definition) is 2. The molecule has 9 heteroatoms. The molecular weight excluding hydrogens is 651 g/mol. The summed E-state index contributed by atoms with van der Waals surface area (Å²) in [6.45, 7) is 5.05. The number of carbonyl (C=O) groups excluding carboxylic acids is 1. The van der Waals surface area contributed by atoms with Crippen molar-refractivity contribution in [3.05, 3.63) is 108 Å². The van der Waals surface area contributed by atoms with Gasteiger partial charge in [0.1, 0.15) is 29.5 Å². The van der Waals surface area contributed by atoms with Gasteiger partial charge in [-0.2, -0.15) is 5.10 Å². The molecule has 3 heterocycles. The first-order valence-electron chi connectivity index (χ1n) is 18.7. The number of hydrogen-bond acceptors (Lipinski definition) is 7. The summed E-state index contributed by atoms with van der Waals surface area (Å²) < 4.78 is 22.7. The van der Waals surface area contributed by atoms with E-state index in [2.05, 4.69) is 46.3 Å². The number of nitrogens with two attached hydrogens (primary N) is 1. The van der Waals surface area contributed by atoms with Crippen LogP contribution in [0.4, 0.5) is 5.69 Å². The second kappa shape index (κ2) is 16.4. The van der Waals surface area contributed by atoms with Crippen molar-refractivity contribution < 1.29 is 19.0 Å². The molecule has 0 saturated heterocycles. The average Bonchev–Trinajstić information content (AvgIpc) is 3.65. The van der Waals surface area contributed by atoms with Crippen LogP contribution in [0.2, 0.25) is 0 Å². The largest absolute Gasteiger partial charge is 0.493 e. The van der Waals surface area contributed by atoms with Crippen molar-refractivity contribution in [1.82, 2.24) is 14.3 Å². The first kappa shape index (κ1) is 35.1. The van der Waals surface area contributed by atoms with Crippen LogP contribution in [0.1, 0.15) is 66.5 Å². The molecule has 7 rings (SSSR count). The lowest BCUT2D eigenvalue weighted by molar-refractivity contribution is 0.0512. The maximum atomic E-state index is 13.9. The van der Waals surface area contributed by atoms with E-state index in [9.17, 15) is 4.79 Å². The number of nitrogens with one attached hydrogen (secondary N) is 1. The van der Waals surface area contributed by atoms with Crippen LogP contribution in [-0.4, -0.2) is 46.6 Å². The highest BCUT2D eigenvalue weighted by Gasteiger charge is 2.28. The Morgan fingerprint density at radius 1 is 0.904 bits per heavy atom. The zero-order valence-electron chi connectivity index (χ0n) is 30.3. The maximum Gasteiger partial charge on any atom is 0.355 e. The van der Waals surface area contributed by atoms with E-state index in [1.807, 2.05) is 67.2 Å². The molecule has 0 bridgehead atoms. The molecule has 0 spiro atoms. The minimum absolute atomic E-state index is 0.274. The second-order valence-electron chi connectivity index (χ2n) is 13.4. The Morgan fingerprint density at radius 3 is 2.54 bits per heavy atom. The lowest BCUT2D eigenvalue weighted by atomic mass is 9.96. The van der Waals surface area contributed by atoms with Gasteiger partial charge in [0.25, 0.3) is 0 Å². The van der Waals surface area contributed by atoms with Gasteiger partial charge in [-0.05, 0) is 80.3 Å². The number of nitrogens with zero attached hydrogens (tertiary/aromatic N) is 3. The highest BCUT2D eigenvalue weighted by molar-refractivity contribution is 6.05. The van der Waals surface area contributed by atoms with Crippen LogP contribution in [0.25, 0.3) is 32.8 Å². The zero-order valence-corrected chi connectivity index (χ0v) is 30.3. The lowest BCUT2D eigenvalue weighted by Gasteiger charge is -2.14. The van der Waals surface area contributed by atoms with Crippen LogP contribution in [0, 0.1) is 0 Å². The predicted molar refractivity (Wildman–Crippen MR) is 208 cm³/mol. The number of aryl methyl sites for hydroxylation is 3. The van der Waals surface area contributed by atoms with Gasteiger partial charge in [-0.3, -0.25) is 4.68 Å². The molecule has 270 valence electrons. The maximum absolute atomic E-state index is 13.9. The summed E-state index contributed by atoms with van der Waals surface area (Å²) in [4.78, 5) is 13.9. The highest BCUT2D eigenvalue weighted by atomic mass is 16.5. The average molecular weight is 700 g/mol. The number of rotatable bonds is 13. The van der Waals surface area contributed by atoms with E-state index in [1.165, 1.54) is 5.69 Å². The Hall–Kier alpha value is -5.28. The summed E-state index contributed by atoms with van der Waals surface area (Å²) in [5, 5.41) is 11.7. The van der Waals surface area contributed by atoms with Crippen LogP contribution >= 0.6 is 0 Å². The van der Waals surface area contributed by atoms with E-state index in [1.54, 1.807) is 0 Å². The number of benzene rings is 4. The monoisotopic (exact) mass is 699 g/mol. The predicted octanol–water partition coefficient (Wildman–Crippen LogP) is 8.45. The van der Waals surface area contributed by atoms with E-state index in [0.29, 0.717) is 45.0 Å². The van der Waals surface area contributed by atoms with Crippen molar-refractivity contribution >= 4 is 33.3 Å². The summed E-state index contributed by atoms with van der Waals surface area (Å²) in [5.74, 6) is 1.37. The van der Waals surface area contributed by atoms with Gasteiger partial charge < -0.3 is 29.8 Å². The molecule has 1 aliphatic heterocycles. The molecule has 0 unspecified atom stereocenters. The fraction of sp³-hybridized carbons (Fsp3) is 0.349. The second-order valence-corrected chi connectivity index (χ2v) is 13.4. The molecule has 0 aliphatic carbocycles. The van der Waals surface area contributed by atoms with Crippen molar-refractivity contribution in [3.63, 3.8) is 0 Å². The Balaban J connectivity index is 1.26. The Labute approximate surface area is 305 Å². The number of esters is 1. The van der Waals surface area contributed by atoms with Crippen molar-refractivity contribution in [2.75, 3.05) is 31.6 Å². The van der Waals surface area contributed by atoms with Crippen molar-refractivity contribution in [2.24, 2.45) is 12.8 Å². The minimum atomic E-state index is -0.274. The fourth-order valence-electron chi connectivity index (χ4n) is 7.62. The summed E-state index contributed by atoms with van der Waals surface area (Å²) >= 11 is 0. The van der Waals surface area contributed by atoms with Gasteiger partial charge in [0.15, 0.2) is 0 Å². The zero-order chi connectivity index (χ0) is 35.9. The topological polar surface area (TPSA) is 106 Å².